The third kappa shape index (κ3) is 3.54. The van der Waals surface area contributed by atoms with Gasteiger partial charge in [-0.3, -0.25) is 0 Å². The standard InChI is InChI=1S/C21H28N4O2S/c1-5-15-7-9-16(10-8-15)18(24-11-13(3)27-14(4)12-24)19-20(26)25-21(28-19)22-17(6-2)23-25/h7-10,13-14,18,26H,5-6,11-12H2,1-4H3/p+1/t13-,14+,18-/m0/s1. The molecule has 1 saturated heterocycles. The van der Waals surface area contributed by atoms with E-state index in [1.54, 1.807) is 15.9 Å². The molecule has 7 heteroatoms. The Bertz CT molecular complexity index is 939. The summed E-state index contributed by atoms with van der Waals surface area (Å²) in [5.74, 6) is 0.981. The van der Waals surface area contributed by atoms with Crippen molar-refractivity contribution in [2.75, 3.05) is 13.1 Å². The number of nitrogens with zero attached hydrogens (tertiary/aromatic N) is 3. The first-order chi connectivity index (χ1) is 13.5. The molecule has 0 radical (unpaired) electrons. The van der Waals surface area contributed by atoms with Crippen LogP contribution >= 0.6 is 11.3 Å². The zero-order valence-electron chi connectivity index (χ0n) is 17.0. The van der Waals surface area contributed by atoms with Gasteiger partial charge in [0.05, 0.1) is 0 Å². The lowest BCUT2D eigenvalue weighted by Crippen LogP contribution is -3.15. The number of hydrogen-bond donors (Lipinski definition) is 2. The first-order valence-electron chi connectivity index (χ1n) is 10.2. The van der Waals surface area contributed by atoms with Crippen molar-refractivity contribution in [2.24, 2.45) is 0 Å². The molecule has 4 atom stereocenters. The van der Waals surface area contributed by atoms with Gasteiger partial charge in [-0.05, 0) is 25.8 Å². The number of aromatic nitrogens is 3. The van der Waals surface area contributed by atoms with Crippen LogP contribution < -0.4 is 4.90 Å². The number of nitrogens with one attached hydrogen (secondary N) is 1. The SMILES string of the molecule is CCc1ccc([C@@H](c2sc3nc(CC)nn3c2O)[NH+]2C[C@@H](C)O[C@@H](C)C2)cc1. The van der Waals surface area contributed by atoms with Crippen LogP contribution in [0.5, 0.6) is 5.88 Å². The number of fused-ring (bicyclic) bond motifs is 1. The summed E-state index contributed by atoms with van der Waals surface area (Å²) < 4.78 is 7.57. The molecule has 0 saturated carbocycles. The van der Waals surface area contributed by atoms with Crippen LogP contribution in [0, 0.1) is 0 Å². The van der Waals surface area contributed by atoms with Crippen molar-refractivity contribution in [1.29, 1.82) is 0 Å². The summed E-state index contributed by atoms with van der Waals surface area (Å²) in [4.78, 5) is 7.66. The molecule has 1 aliphatic heterocycles. The van der Waals surface area contributed by atoms with E-state index < -0.39 is 0 Å². The van der Waals surface area contributed by atoms with Gasteiger partial charge in [0.1, 0.15) is 30.2 Å². The number of aromatic hydroxyl groups is 1. The van der Waals surface area contributed by atoms with Crippen molar-refractivity contribution in [3.63, 3.8) is 0 Å². The monoisotopic (exact) mass is 401 g/mol. The normalized spacial score (nSPS) is 23.9. The van der Waals surface area contributed by atoms with Crippen LogP contribution in [0.3, 0.4) is 0 Å². The van der Waals surface area contributed by atoms with Gasteiger partial charge in [-0.1, -0.05) is 49.4 Å². The maximum absolute atomic E-state index is 11.0. The fourth-order valence-corrected chi connectivity index (χ4v) is 5.36. The molecule has 3 heterocycles. The molecule has 0 aliphatic carbocycles. The number of morpholine rings is 1. The molecule has 28 heavy (non-hydrogen) atoms. The van der Waals surface area contributed by atoms with E-state index in [0.717, 1.165) is 41.6 Å². The zero-order valence-corrected chi connectivity index (χ0v) is 17.8. The van der Waals surface area contributed by atoms with Gasteiger partial charge in [-0.25, -0.2) is 4.98 Å². The van der Waals surface area contributed by atoms with Gasteiger partial charge in [-0.15, -0.1) is 5.10 Å². The third-order valence-electron chi connectivity index (χ3n) is 5.52. The first-order valence-corrected chi connectivity index (χ1v) is 11.0. The van der Waals surface area contributed by atoms with E-state index in [4.69, 9.17) is 4.74 Å². The van der Waals surface area contributed by atoms with Crippen molar-refractivity contribution < 1.29 is 14.7 Å². The Hall–Kier alpha value is -1.96. The Labute approximate surface area is 169 Å². The van der Waals surface area contributed by atoms with Crippen LogP contribution in [0.2, 0.25) is 0 Å². The fraction of sp³-hybridized carbons (Fsp3) is 0.524. The lowest BCUT2D eigenvalue weighted by Gasteiger charge is -2.37. The smallest absolute Gasteiger partial charge is 0.235 e. The van der Waals surface area contributed by atoms with Crippen molar-refractivity contribution >= 4 is 16.3 Å². The van der Waals surface area contributed by atoms with Gasteiger partial charge >= 0.3 is 0 Å². The molecule has 6 nitrogen and oxygen atoms in total. The van der Waals surface area contributed by atoms with Crippen molar-refractivity contribution in [3.8, 4) is 5.88 Å². The summed E-state index contributed by atoms with van der Waals surface area (Å²) >= 11 is 1.55. The summed E-state index contributed by atoms with van der Waals surface area (Å²) in [5, 5.41) is 15.5. The molecule has 4 rings (SSSR count). The van der Waals surface area contributed by atoms with E-state index in [1.807, 2.05) is 6.92 Å². The minimum absolute atomic E-state index is 0.0401. The van der Waals surface area contributed by atoms with Gasteiger partial charge in [-0.2, -0.15) is 4.52 Å². The molecule has 150 valence electrons. The van der Waals surface area contributed by atoms with Crippen molar-refractivity contribution in [3.05, 3.63) is 46.1 Å². The number of thiazole rings is 1. The minimum Gasteiger partial charge on any atom is -0.492 e. The molecule has 0 bridgehead atoms. The number of rotatable bonds is 5. The maximum atomic E-state index is 11.0. The largest absolute Gasteiger partial charge is 0.492 e. The quantitative estimate of drug-likeness (QED) is 0.689. The molecular weight excluding hydrogens is 372 g/mol. The molecule has 1 aliphatic rings. The van der Waals surface area contributed by atoms with E-state index in [9.17, 15) is 5.11 Å². The zero-order chi connectivity index (χ0) is 19.8. The number of benzene rings is 1. The van der Waals surface area contributed by atoms with Gasteiger partial charge in [0.2, 0.25) is 10.8 Å². The average molecular weight is 402 g/mol. The average Bonchev–Trinajstić information content (AvgIpc) is 3.21. The molecule has 1 aromatic carbocycles. The Balaban J connectivity index is 1.80. The second-order valence-corrected chi connectivity index (χ2v) is 8.73. The Morgan fingerprint density at radius 1 is 1.18 bits per heavy atom. The summed E-state index contributed by atoms with van der Waals surface area (Å²) in [6, 6.07) is 8.83. The van der Waals surface area contributed by atoms with E-state index in [1.165, 1.54) is 16.0 Å². The Kier molecular flexibility index (Phi) is 5.40. The lowest BCUT2D eigenvalue weighted by atomic mass is 10.00. The van der Waals surface area contributed by atoms with Crippen molar-refractivity contribution in [2.45, 2.75) is 58.8 Å². The molecule has 2 N–H and O–H groups in total. The molecule has 2 aromatic heterocycles. The fourth-order valence-electron chi connectivity index (χ4n) is 4.20. The van der Waals surface area contributed by atoms with Crippen LogP contribution in [0.4, 0.5) is 0 Å². The number of ether oxygens (including phenoxy) is 1. The van der Waals surface area contributed by atoms with Crippen LogP contribution in [0.1, 0.15) is 55.6 Å². The Morgan fingerprint density at radius 3 is 2.43 bits per heavy atom. The highest BCUT2D eigenvalue weighted by Crippen LogP contribution is 2.35. The van der Waals surface area contributed by atoms with E-state index in [2.05, 4.69) is 55.1 Å². The molecule has 0 amide bonds. The summed E-state index contributed by atoms with van der Waals surface area (Å²) in [5.41, 5.74) is 2.53. The van der Waals surface area contributed by atoms with Crippen LogP contribution in [-0.2, 0) is 17.6 Å². The highest BCUT2D eigenvalue weighted by atomic mass is 32.1. The minimum atomic E-state index is 0.0401. The van der Waals surface area contributed by atoms with Crippen molar-refractivity contribution in [1.82, 2.24) is 14.6 Å². The summed E-state index contributed by atoms with van der Waals surface area (Å²) in [7, 11) is 0. The molecular formula is C21H29N4O2S+. The molecule has 1 fully saturated rings. The predicted molar refractivity (Wildman–Crippen MR) is 110 cm³/mol. The number of quaternary nitrogens is 1. The number of hydrogen-bond acceptors (Lipinski definition) is 5. The molecule has 1 unspecified atom stereocenters. The second kappa shape index (κ2) is 7.81. The van der Waals surface area contributed by atoms with Crippen LogP contribution in [0.25, 0.3) is 4.96 Å². The maximum Gasteiger partial charge on any atom is 0.235 e. The summed E-state index contributed by atoms with van der Waals surface area (Å²) in [6.45, 7) is 10.2. The lowest BCUT2D eigenvalue weighted by molar-refractivity contribution is -0.939. The topological polar surface area (TPSA) is 64.1 Å². The summed E-state index contributed by atoms with van der Waals surface area (Å²) in [6.07, 6.45) is 2.15. The highest BCUT2D eigenvalue weighted by molar-refractivity contribution is 7.17. The van der Waals surface area contributed by atoms with Crippen LogP contribution in [-0.4, -0.2) is 45.0 Å². The van der Waals surface area contributed by atoms with Gasteiger partial charge < -0.3 is 14.7 Å². The van der Waals surface area contributed by atoms with Gasteiger partial charge in [0, 0.05) is 12.0 Å². The predicted octanol–water partition coefficient (Wildman–Crippen LogP) is 2.40. The third-order valence-corrected chi connectivity index (χ3v) is 6.60. The second-order valence-electron chi connectivity index (χ2n) is 7.72. The number of aryl methyl sites for hydroxylation is 2. The van der Waals surface area contributed by atoms with E-state index >= 15 is 0 Å². The van der Waals surface area contributed by atoms with Crippen LogP contribution in [0.15, 0.2) is 24.3 Å². The van der Waals surface area contributed by atoms with Gasteiger partial charge in [0.25, 0.3) is 0 Å². The Morgan fingerprint density at radius 2 is 1.86 bits per heavy atom. The highest BCUT2D eigenvalue weighted by Gasteiger charge is 2.37. The first kappa shape index (κ1) is 19.4. The van der Waals surface area contributed by atoms with E-state index in [0.29, 0.717) is 0 Å². The van der Waals surface area contributed by atoms with E-state index in [-0.39, 0.29) is 24.1 Å². The van der Waals surface area contributed by atoms with Gasteiger partial charge in [0.15, 0.2) is 11.9 Å². The molecule has 3 aromatic rings. The molecule has 0 spiro atoms.